The molecule has 0 saturated heterocycles. The van der Waals surface area contributed by atoms with Crippen LogP contribution in [0.4, 0.5) is 8.78 Å². The highest BCUT2D eigenvalue weighted by Gasteiger charge is 2.35. The van der Waals surface area contributed by atoms with Crippen molar-refractivity contribution in [2.75, 3.05) is 6.54 Å². The summed E-state index contributed by atoms with van der Waals surface area (Å²) in [6.07, 6.45) is 3.39. The molecule has 5 heteroatoms. The van der Waals surface area contributed by atoms with Crippen molar-refractivity contribution in [2.24, 2.45) is 13.0 Å². The molecule has 1 saturated carbocycles. The molecule has 0 radical (unpaired) electrons. The fourth-order valence-electron chi connectivity index (χ4n) is 2.43. The van der Waals surface area contributed by atoms with Crippen molar-refractivity contribution in [2.45, 2.75) is 38.2 Å². The van der Waals surface area contributed by atoms with Crippen LogP contribution in [0.5, 0.6) is 0 Å². The molecule has 17 heavy (non-hydrogen) atoms. The standard InChI is InChI=1S/C12H19F2N3/c1-17-11(4-6-16-17)9-15-8-10-3-2-5-12(13,14)7-10/h4,6,10,15H,2-3,5,7-9H2,1H3. The maximum Gasteiger partial charge on any atom is 0.248 e. The van der Waals surface area contributed by atoms with Crippen molar-refractivity contribution in [1.82, 2.24) is 15.1 Å². The summed E-state index contributed by atoms with van der Waals surface area (Å²) in [5, 5.41) is 7.30. The normalized spacial score (nSPS) is 23.8. The van der Waals surface area contributed by atoms with Crippen molar-refractivity contribution in [3.8, 4) is 0 Å². The van der Waals surface area contributed by atoms with Gasteiger partial charge in [0.05, 0.1) is 5.69 Å². The number of alkyl halides is 2. The Balaban J connectivity index is 1.74. The minimum atomic E-state index is -2.45. The van der Waals surface area contributed by atoms with E-state index in [1.807, 2.05) is 13.1 Å². The Kier molecular flexibility index (Phi) is 3.76. The van der Waals surface area contributed by atoms with Gasteiger partial charge in [-0.15, -0.1) is 0 Å². The van der Waals surface area contributed by atoms with Gasteiger partial charge < -0.3 is 5.32 Å². The van der Waals surface area contributed by atoms with Crippen molar-refractivity contribution >= 4 is 0 Å². The zero-order valence-electron chi connectivity index (χ0n) is 10.1. The number of hydrogen-bond donors (Lipinski definition) is 1. The van der Waals surface area contributed by atoms with E-state index >= 15 is 0 Å². The average Bonchev–Trinajstić information content (AvgIpc) is 2.63. The third kappa shape index (κ3) is 3.49. The van der Waals surface area contributed by atoms with E-state index < -0.39 is 5.92 Å². The molecule has 3 nitrogen and oxygen atoms in total. The van der Waals surface area contributed by atoms with Crippen LogP contribution in [0.2, 0.25) is 0 Å². The first-order chi connectivity index (χ1) is 8.07. The van der Waals surface area contributed by atoms with Crippen LogP contribution in [0.15, 0.2) is 12.3 Å². The van der Waals surface area contributed by atoms with E-state index in [0.717, 1.165) is 12.1 Å². The maximum absolute atomic E-state index is 13.2. The van der Waals surface area contributed by atoms with Gasteiger partial charge in [0.25, 0.3) is 0 Å². The Morgan fingerprint density at radius 3 is 3.06 bits per heavy atom. The lowest BCUT2D eigenvalue weighted by atomic mass is 9.86. The first-order valence-corrected chi connectivity index (χ1v) is 6.12. The van der Waals surface area contributed by atoms with Crippen molar-refractivity contribution in [3.05, 3.63) is 18.0 Å². The summed E-state index contributed by atoms with van der Waals surface area (Å²) in [5.74, 6) is -2.34. The first-order valence-electron chi connectivity index (χ1n) is 6.12. The zero-order chi connectivity index (χ0) is 12.3. The van der Waals surface area contributed by atoms with Gasteiger partial charge in [-0.25, -0.2) is 8.78 Å². The molecular weight excluding hydrogens is 224 g/mol. The maximum atomic E-state index is 13.2. The number of halogens is 2. The number of aromatic nitrogens is 2. The van der Waals surface area contributed by atoms with Gasteiger partial charge >= 0.3 is 0 Å². The van der Waals surface area contributed by atoms with E-state index in [4.69, 9.17) is 0 Å². The zero-order valence-corrected chi connectivity index (χ0v) is 10.1. The van der Waals surface area contributed by atoms with Gasteiger partial charge in [0, 0.05) is 32.6 Å². The Bertz CT molecular complexity index is 362. The topological polar surface area (TPSA) is 29.9 Å². The van der Waals surface area contributed by atoms with Crippen LogP contribution in [0.1, 0.15) is 31.4 Å². The van der Waals surface area contributed by atoms with E-state index in [1.54, 1.807) is 10.9 Å². The fourth-order valence-corrected chi connectivity index (χ4v) is 2.43. The third-order valence-corrected chi connectivity index (χ3v) is 3.40. The van der Waals surface area contributed by atoms with E-state index in [1.165, 1.54) is 0 Å². The third-order valence-electron chi connectivity index (χ3n) is 3.40. The van der Waals surface area contributed by atoms with Crippen LogP contribution >= 0.6 is 0 Å². The van der Waals surface area contributed by atoms with Gasteiger partial charge in [-0.05, 0) is 31.4 Å². The lowest BCUT2D eigenvalue weighted by Gasteiger charge is -2.28. The van der Waals surface area contributed by atoms with Crippen LogP contribution in [0.3, 0.4) is 0 Å². The van der Waals surface area contributed by atoms with Crippen LogP contribution < -0.4 is 5.32 Å². The molecule has 1 unspecified atom stereocenters. The van der Waals surface area contributed by atoms with Crippen molar-refractivity contribution in [3.63, 3.8) is 0 Å². The van der Waals surface area contributed by atoms with Gasteiger partial charge in [-0.1, -0.05) is 0 Å². The predicted molar refractivity (Wildman–Crippen MR) is 61.8 cm³/mol. The number of rotatable bonds is 4. The van der Waals surface area contributed by atoms with E-state index in [2.05, 4.69) is 10.4 Å². The molecule has 1 aromatic heterocycles. The Labute approximate surface area is 100 Å². The number of aryl methyl sites for hydroxylation is 1. The van der Waals surface area contributed by atoms with Gasteiger partial charge in [0.1, 0.15) is 0 Å². The molecule has 1 aromatic rings. The SMILES string of the molecule is Cn1nccc1CNCC1CCCC(F)(F)C1. The lowest BCUT2D eigenvalue weighted by molar-refractivity contribution is -0.0520. The molecule has 1 atom stereocenters. The highest BCUT2D eigenvalue weighted by molar-refractivity contribution is 4.99. The number of hydrogen-bond acceptors (Lipinski definition) is 2. The molecule has 1 aliphatic rings. The number of nitrogens with zero attached hydrogens (tertiary/aromatic N) is 2. The summed E-state index contributed by atoms with van der Waals surface area (Å²) < 4.78 is 28.1. The smallest absolute Gasteiger partial charge is 0.248 e. The number of nitrogens with one attached hydrogen (secondary N) is 1. The molecular formula is C12H19F2N3. The van der Waals surface area contributed by atoms with E-state index in [0.29, 0.717) is 19.5 Å². The van der Waals surface area contributed by atoms with E-state index in [9.17, 15) is 8.78 Å². The van der Waals surface area contributed by atoms with Crippen molar-refractivity contribution in [1.29, 1.82) is 0 Å². The molecule has 0 amide bonds. The minimum absolute atomic E-state index is 0.0331. The molecule has 1 heterocycles. The second kappa shape index (κ2) is 5.12. The fraction of sp³-hybridized carbons (Fsp3) is 0.750. The molecule has 2 rings (SSSR count). The quantitative estimate of drug-likeness (QED) is 0.879. The second-order valence-corrected chi connectivity index (χ2v) is 4.90. The monoisotopic (exact) mass is 243 g/mol. The molecule has 1 N–H and O–H groups in total. The van der Waals surface area contributed by atoms with Crippen molar-refractivity contribution < 1.29 is 8.78 Å². The van der Waals surface area contributed by atoms with Gasteiger partial charge in [-0.3, -0.25) is 4.68 Å². The molecule has 0 aliphatic heterocycles. The Morgan fingerprint density at radius 2 is 2.41 bits per heavy atom. The van der Waals surface area contributed by atoms with Crippen LogP contribution in [-0.4, -0.2) is 22.2 Å². The summed E-state index contributed by atoms with van der Waals surface area (Å²) in [6.45, 7) is 1.36. The average molecular weight is 243 g/mol. The highest BCUT2D eigenvalue weighted by Crippen LogP contribution is 2.36. The molecule has 0 aromatic carbocycles. The summed E-state index contributed by atoms with van der Waals surface area (Å²) in [5.41, 5.74) is 1.08. The van der Waals surface area contributed by atoms with Gasteiger partial charge in [-0.2, -0.15) is 5.10 Å². The minimum Gasteiger partial charge on any atom is -0.311 e. The summed E-state index contributed by atoms with van der Waals surface area (Å²) in [6, 6.07) is 1.93. The molecule has 1 fully saturated rings. The van der Waals surface area contributed by atoms with Crippen LogP contribution in [0, 0.1) is 5.92 Å². The lowest BCUT2D eigenvalue weighted by Crippen LogP contribution is -2.32. The molecule has 0 bridgehead atoms. The molecule has 96 valence electrons. The Hall–Kier alpha value is -0.970. The van der Waals surface area contributed by atoms with E-state index in [-0.39, 0.29) is 18.8 Å². The largest absolute Gasteiger partial charge is 0.311 e. The summed E-state index contributed by atoms with van der Waals surface area (Å²) >= 11 is 0. The summed E-state index contributed by atoms with van der Waals surface area (Å²) in [7, 11) is 1.88. The predicted octanol–water partition coefficient (Wildman–Crippen LogP) is 2.34. The van der Waals surface area contributed by atoms with Crippen LogP contribution in [0.25, 0.3) is 0 Å². The Morgan fingerprint density at radius 1 is 1.59 bits per heavy atom. The van der Waals surface area contributed by atoms with Crippen LogP contribution in [-0.2, 0) is 13.6 Å². The highest BCUT2D eigenvalue weighted by atomic mass is 19.3. The molecule has 0 spiro atoms. The van der Waals surface area contributed by atoms with Gasteiger partial charge in [0.2, 0.25) is 5.92 Å². The summed E-state index contributed by atoms with van der Waals surface area (Å²) in [4.78, 5) is 0. The first kappa shape index (κ1) is 12.5. The second-order valence-electron chi connectivity index (χ2n) is 4.90. The molecule has 1 aliphatic carbocycles. The van der Waals surface area contributed by atoms with Gasteiger partial charge in [0.15, 0.2) is 0 Å².